The Labute approximate surface area is 106 Å². The number of nitro benzene ring substituents is 1. The molecule has 0 saturated carbocycles. The fourth-order valence-corrected chi connectivity index (χ4v) is 1.31. The molecule has 0 spiro atoms. The summed E-state index contributed by atoms with van der Waals surface area (Å²) in [5.41, 5.74) is 3.82. The molecule has 0 amide bonds. The first-order valence-electron chi connectivity index (χ1n) is 5.06. The number of anilines is 1. The van der Waals surface area contributed by atoms with Crippen LogP contribution in [0.1, 0.15) is 17.3 Å². The van der Waals surface area contributed by atoms with Crippen molar-refractivity contribution in [3.05, 3.63) is 27.8 Å². The summed E-state index contributed by atoms with van der Waals surface area (Å²) in [5.74, 6) is -1.54. The van der Waals surface area contributed by atoms with E-state index in [9.17, 15) is 23.7 Å². The second-order valence-electron chi connectivity index (χ2n) is 3.26. The minimum absolute atomic E-state index is 0.0224. The molecule has 0 aliphatic rings. The van der Waals surface area contributed by atoms with Crippen LogP contribution in [0.5, 0.6) is 5.75 Å². The van der Waals surface area contributed by atoms with Gasteiger partial charge in [-0.3, -0.25) is 10.1 Å². The van der Waals surface area contributed by atoms with Crippen LogP contribution in [0.2, 0.25) is 0 Å². The number of rotatable bonds is 5. The molecule has 0 aromatic heterocycles. The van der Waals surface area contributed by atoms with Gasteiger partial charge in [0.2, 0.25) is 0 Å². The Kier molecular flexibility index (Phi) is 4.56. The maximum atomic E-state index is 12.1. The van der Waals surface area contributed by atoms with Gasteiger partial charge in [0, 0.05) is 12.1 Å². The molecule has 0 radical (unpaired) electrons. The van der Waals surface area contributed by atoms with E-state index in [1.165, 1.54) is 6.92 Å². The molecule has 104 valence electrons. The second kappa shape index (κ2) is 5.94. The van der Waals surface area contributed by atoms with Gasteiger partial charge in [0.05, 0.1) is 17.2 Å². The van der Waals surface area contributed by atoms with Crippen LogP contribution in [0.25, 0.3) is 0 Å². The van der Waals surface area contributed by atoms with Crippen molar-refractivity contribution in [3.63, 3.8) is 0 Å². The number of halogens is 2. The van der Waals surface area contributed by atoms with Crippen molar-refractivity contribution in [3.8, 4) is 5.75 Å². The minimum Gasteiger partial charge on any atom is -0.462 e. The lowest BCUT2D eigenvalue weighted by Gasteiger charge is -2.10. The highest BCUT2D eigenvalue weighted by atomic mass is 19.3. The third-order valence-electron chi connectivity index (χ3n) is 2.04. The molecule has 19 heavy (non-hydrogen) atoms. The number of hydrogen-bond donors (Lipinski definition) is 1. The zero-order valence-corrected chi connectivity index (χ0v) is 9.76. The van der Waals surface area contributed by atoms with Crippen molar-refractivity contribution in [1.29, 1.82) is 0 Å². The number of carbonyl (C=O) groups is 1. The molecular formula is C10H10F2N2O5. The average Bonchev–Trinajstić information content (AvgIpc) is 2.30. The summed E-state index contributed by atoms with van der Waals surface area (Å²) >= 11 is 0. The number of ether oxygens (including phenoxy) is 2. The Morgan fingerprint density at radius 2 is 2.16 bits per heavy atom. The van der Waals surface area contributed by atoms with Gasteiger partial charge in [0.15, 0.2) is 0 Å². The second-order valence-corrected chi connectivity index (χ2v) is 3.26. The molecule has 9 heteroatoms. The molecule has 0 aliphatic heterocycles. The summed E-state index contributed by atoms with van der Waals surface area (Å²) in [5, 5.41) is 10.8. The standard InChI is InChI=1S/C10H10F2N2O5/c1-2-18-9(15)5-3-8(19-10(11)12)6(13)4-7(5)14(16)17/h3-4,10H,2,13H2,1H3. The highest BCUT2D eigenvalue weighted by Crippen LogP contribution is 2.32. The zero-order chi connectivity index (χ0) is 14.6. The number of nitrogens with zero attached hydrogens (tertiary/aromatic N) is 1. The Morgan fingerprint density at radius 1 is 1.53 bits per heavy atom. The quantitative estimate of drug-likeness (QED) is 0.381. The molecule has 1 aromatic rings. The third-order valence-corrected chi connectivity index (χ3v) is 2.04. The Balaban J connectivity index is 3.30. The van der Waals surface area contributed by atoms with E-state index in [1.807, 2.05) is 0 Å². The van der Waals surface area contributed by atoms with E-state index in [4.69, 9.17) is 5.73 Å². The number of esters is 1. The molecular weight excluding hydrogens is 266 g/mol. The number of carbonyl (C=O) groups excluding carboxylic acids is 1. The number of hydrogen-bond acceptors (Lipinski definition) is 6. The molecule has 0 aliphatic carbocycles. The lowest BCUT2D eigenvalue weighted by atomic mass is 10.1. The smallest absolute Gasteiger partial charge is 0.387 e. The van der Waals surface area contributed by atoms with Gasteiger partial charge in [-0.25, -0.2) is 4.79 Å². The summed E-state index contributed by atoms with van der Waals surface area (Å²) in [6, 6.07) is 1.53. The van der Waals surface area contributed by atoms with E-state index >= 15 is 0 Å². The number of nitrogen functional groups attached to an aromatic ring is 1. The van der Waals surface area contributed by atoms with Gasteiger partial charge in [0.1, 0.15) is 11.3 Å². The first-order chi connectivity index (χ1) is 8.86. The molecule has 1 aromatic carbocycles. The first kappa shape index (κ1) is 14.6. The van der Waals surface area contributed by atoms with Crippen molar-refractivity contribution < 1.29 is 28.0 Å². The average molecular weight is 276 g/mol. The van der Waals surface area contributed by atoms with Crippen molar-refractivity contribution in [2.45, 2.75) is 13.5 Å². The fourth-order valence-electron chi connectivity index (χ4n) is 1.31. The molecule has 0 fully saturated rings. The Hall–Kier alpha value is -2.45. The molecule has 0 saturated heterocycles. The molecule has 0 heterocycles. The van der Waals surface area contributed by atoms with E-state index in [-0.39, 0.29) is 12.3 Å². The maximum absolute atomic E-state index is 12.1. The Bertz CT molecular complexity index is 507. The van der Waals surface area contributed by atoms with Crippen LogP contribution in [-0.4, -0.2) is 24.1 Å². The van der Waals surface area contributed by atoms with Gasteiger partial charge in [-0.1, -0.05) is 0 Å². The molecule has 2 N–H and O–H groups in total. The zero-order valence-electron chi connectivity index (χ0n) is 9.76. The van der Waals surface area contributed by atoms with Crippen LogP contribution in [0.15, 0.2) is 12.1 Å². The van der Waals surface area contributed by atoms with Gasteiger partial charge in [-0.15, -0.1) is 0 Å². The highest BCUT2D eigenvalue weighted by molar-refractivity contribution is 5.95. The van der Waals surface area contributed by atoms with Crippen molar-refractivity contribution >= 4 is 17.3 Å². The van der Waals surface area contributed by atoms with Gasteiger partial charge >= 0.3 is 12.6 Å². The van der Waals surface area contributed by atoms with Crippen LogP contribution in [-0.2, 0) is 4.74 Å². The monoisotopic (exact) mass is 276 g/mol. The largest absolute Gasteiger partial charge is 0.462 e. The first-order valence-corrected chi connectivity index (χ1v) is 5.06. The highest BCUT2D eigenvalue weighted by Gasteiger charge is 2.25. The van der Waals surface area contributed by atoms with Crippen molar-refractivity contribution in [2.75, 3.05) is 12.3 Å². The fraction of sp³-hybridized carbons (Fsp3) is 0.300. The van der Waals surface area contributed by atoms with E-state index in [1.54, 1.807) is 0 Å². The van der Waals surface area contributed by atoms with Gasteiger partial charge < -0.3 is 15.2 Å². The van der Waals surface area contributed by atoms with E-state index in [0.29, 0.717) is 0 Å². The Morgan fingerprint density at radius 3 is 2.63 bits per heavy atom. The number of alkyl halides is 2. The molecule has 7 nitrogen and oxygen atoms in total. The normalized spacial score (nSPS) is 10.3. The molecule has 0 bridgehead atoms. The number of nitro groups is 1. The third kappa shape index (κ3) is 3.50. The summed E-state index contributed by atoms with van der Waals surface area (Å²) in [7, 11) is 0. The number of benzene rings is 1. The minimum atomic E-state index is -3.17. The maximum Gasteiger partial charge on any atom is 0.387 e. The van der Waals surface area contributed by atoms with Gasteiger partial charge in [-0.05, 0) is 6.92 Å². The van der Waals surface area contributed by atoms with Crippen molar-refractivity contribution in [1.82, 2.24) is 0 Å². The van der Waals surface area contributed by atoms with Crippen LogP contribution >= 0.6 is 0 Å². The SMILES string of the molecule is CCOC(=O)c1cc(OC(F)F)c(N)cc1[N+](=O)[O-]. The predicted molar refractivity (Wildman–Crippen MR) is 60.1 cm³/mol. The van der Waals surface area contributed by atoms with Gasteiger partial charge in [0.25, 0.3) is 5.69 Å². The van der Waals surface area contributed by atoms with Crippen LogP contribution < -0.4 is 10.5 Å². The van der Waals surface area contributed by atoms with E-state index in [0.717, 1.165) is 12.1 Å². The van der Waals surface area contributed by atoms with Crippen LogP contribution in [0, 0.1) is 10.1 Å². The lowest BCUT2D eigenvalue weighted by molar-refractivity contribution is -0.385. The van der Waals surface area contributed by atoms with Gasteiger partial charge in [-0.2, -0.15) is 8.78 Å². The number of nitrogens with two attached hydrogens (primary N) is 1. The lowest BCUT2D eigenvalue weighted by Crippen LogP contribution is -2.11. The summed E-state index contributed by atoms with van der Waals surface area (Å²) in [6.45, 7) is -1.69. The van der Waals surface area contributed by atoms with Crippen molar-refractivity contribution in [2.24, 2.45) is 0 Å². The summed E-state index contributed by atoms with van der Waals surface area (Å²) in [6.07, 6.45) is 0. The van der Waals surface area contributed by atoms with E-state index in [2.05, 4.69) is 9.47 Å². The van der Waals surface area contributed by atoms with Crippen LogP contribution in [0.3, 0.4) is 0 Å². The summed E-state index contributed by atoms with van der Waals surface area (Å²) in [4.78, 5) is 21.4. The topological polar surface area (TPSA) is 105 Å². The van der Waals surface area contributed by atoms with Crippen LogP contribution in [0.4, 0.5) is 20.2 Å². The summed E-state index contributed by atoms with van der Waals surface area (Å²) < 4.78 is 32.9. The molecule has 1 rings (SSSR count). The molecule has 0 atom stereocenters. The predicted octanol–water partition coefficient (Wildman–Crippen LogP) is 1.96. The molecule has 0 unspecified atom stereocenters. The van der Waals surface area contributed by atoms with E-state index < -0.39 is 34.5 Å².